The van der Waals surface area contributed by atoms with Crippen molar-refractivity contribution in [2.75, 3.05) is 0 Å². The molecule has 0 N–H and O–H groups in total. The van der Waals surface area contributed by atoms with Gasteiger partial charge in [0, 0.05) is 23.1 Å². The van der Waals surface area contributed by atoms with Gasteiger partial charge in [-0.25, -0.2) is 41.8 Å². The van der Waals surface area contributed by atoms with Crippen LogP contribution in [-0.4, -0.2) is 16.6 Å². The van der Waals surface area contributed by atoms with Gasteiger partial charge in [-0.1, -0.05) is 55.4 Å². The van der Waals surface area contributed by atoms with Crippen LogP contribution < -0.4 is 8.85 Å². The molecule has 2 nitrogen and oxygen atoms in total. The molecule has 0 spiro atoms. The molecule has 0 amide bonds. The van der Waals surface area contributed by atoms with Crippen LogP contribution in [0.4, 0.5) is 17.6 Å². The SMILES string of the molecule is CC(C)C(C)(C)[Si](C)(C)Oc1ccc(F)[c-]c1F.CC(C)C(C)(C)[Si](C)(C)Oc1ccc(F)[c-]c1F.[Ti+4].c1cc[cH-]c1.c1cc[cH-]c1. The van der Waals surface area contributed by atoms with Crippen molar-refractivity contribution >= 4 is 16.6 Å². The molecule has 0 atom stereocenters. The minimum Gasteiger partial charge on any atom is -0.599 e. The fourth-order valence-electron chi connectivity index (χ4n) is 3.86. The van der Waals surface area contributed by atoms with Crippen LogP contribution in [0.5, 0.6) is 11.5 Å². The van der Waals surface area contributed by atoms with Crippen LogP contribution in [-0.2, 0) is 21.7 Å². The molecule has 0 saturated heterocycles. The van der Waals surface area contributed by atoms with E-state index < -0.39 is 39.9 Å². The van der Waals surface area contributed by atoms with E-state index >= 15 is 0 Å². The molecule has 256 valence electrons. The first kappa shape index (κ1) is 44.6. The van der Waals surface area contributed by atoms with Crippen LogP contribution in [0.1, 0.15) is 55.4 Å². The number of rotatable bonds is 8. The second-order valence-corrected chi connectivity index (χ2v) is 22.9. The van der Waals surface area contributed by atoms with Gasteiger partial charge in [0.2, 0.25) is 16.6 Å². The maximum atomic E-state index is 13.6. The van der Waals surface area contributed by atoms with Crippen molar-refractivity contribution in [3.05, 3.63) is 120 Å². The number of hydrogen-bond acceptors (Lipinski definition) is 2. The Morgan fingerprint density at radius 2 is 0.851 bits per heavy atom. The third-order valence-corrected chi connectivity index (χ3v) is 18.3. The second kappa shape index (κ2) is 19.6. The average molecular weight is 721 g/mol. The standard InChI is InChI=1S/2C14H21F2OSi.2C5H5.Ti/c2*1-10(2)14(3,4)18(5,6)17-13-8-7-11(15)9-12(13)16;2*1-2-4-5-3-1;/h2*7-8,10H,1-6H3;2*1-5H;/q4*-1;+4. The Kier molecular flexibility index (Phi) is 18.6. The van der Waals surface area contributed by atoms with Crippen molar-refractivity contribution < 1.29 is 48.1 Å². The minimum absolute atomic E-state index is 0. The average Bonchev–Trinajstić information content (AvgIpc) is 3.72. The van der Waals surface area contributed by atoms with E-state index in [1.165, 1.54) is 24.3 Å². The van der Waals surface area contributed by atoms with Gasteiger partial charge < -0.3 is 8.85 Å². The fourth-order valence-corrected chi connectivity index (χ4v) is 8.58. The monoisotopic (exact) mass is 720 g/mol. The van der Waals surface area contributed by atoms with Crippen molar-refractivity contribution in [1.82, 2.24) is 0 Å². The zero-order chi connectivity index (χ0) is 35.3. The maximum absolute atomic E-state index is 13.6. The van der Waals surface area contributed by atoms with Crippen LogP contribution in [0.2, 0.25) is 36.3 Å². The summed E-state index contributed by atoms with van der Waals surface area (Å²) in [6.45, 7) is 25.3. The first-order valence-corrected chi connectivity index (χ1v) is 21.4. The van der Waals surface area contributed by atoms with Crippen molar-refractivity contribution in [3.8, 4) is 11.5 Å². The molecule has 0 aliphatic carbocycles. The summed E-state index contributed by atoms with van der Waals surface area (Å²) in [7, 11) is -4.33. The number of halogens is 4. The molecule has 9 heteroatoms. The van der Waals surface area contributed by atoms with Crippen LogP contribution in [0, 0.1) is 47.2 Å². The van der Waals surface area contributed by atoms with E-state index in [2.05, 4.69) is 81.6 Å². The molecule has 0 fully saturated rings. The molecule has 4 aromatic carbocycles. The molecule has 0 aliphatic heterocycles. The summed E-state index contributed by atoms with van der Waals surface area (Å²) < 4.78 is 64.5. The van der Waals surface area contributed by atoms with Gasteiger partial charge in [0.1, 0.15) is 0 Å². The summed E-state index contributed by atoms with van der Waals surface area (Å²) in [5, 5.41) is -0.0400. The molecule has 0 saturated carbocycles. The van der Waals surface area contributed by atoms with E-state index in [0.717, 1.165) is 0 Å². The predicted octanol–water partition coefficient (Wildman–Crippen LogP) is 12.4. The van der Waals surface area contributed by atoms with Gasteiger partial charge in [-0.15, -0.1) is 36.4 Å². The summed E-state index contributed by atoms with van der Waals surface area (Å²) >= 11 is 0. The molecule has 4 rings (SSSR count). The second-order valence-electron chi connectivity index (χ2n) is 13.9. The summed E-state index contributed by atoms with van der Waals surface area (Å²) in [6, 6.07) is 29.0. The molecule has 4 aromatic rings. The van der Waals surface area contributed by atoms with Crippen molar-refractivity contribution in [2.45, 2.75) is 91.7 Å². The Bertz CT molecular complexity index is 1260. The fraction of sp³-hybridized carbons (Fsp3) is 0.421. The molecule has 0 unspecified atom stereocenters. The van der Waals surface area contributed by atoms with Crippen molar-refractivity contribution in [1.29, 1.82) is 0 Å². The predicted molar refractivity (Wildman–Crippen MR) is 188 cm³/mol. The van der Waals surface area contributed by atoms with Gasteiger partial charge in [0.05, 0.1) is 11.6 Å². The van der Waals surface area contributed by atoms with E-state index in [-0.39, 0.29) is 43.3 Å². The Balaban J connectivity index is 0.000000681. The van der Waals surface area contributed by atoms with Gasteiger partial charge in [0.15, 0.2) is 0 Å². The van der Waals surface area contributed by atoms with Gasteiger partial charge in [-0.3, -0.25) is 0 Å². The zero-order valence-electron chi connectivity index (χ0n) is 30.1. The van der Waals surface area contributed by atoms with Gasteiger partial charge in [-0.2, -0.15) is 36.4 Å². The van der Waals surface area contributed by atoms with Crippen LogP contribution in [0.3, 0.4) is 0 Å². The zero-order valence-corrected chi connectivity index (χ0v) is 33.6. The first-order chi connectivity index (χ1) is 21.2. The number of benzene rings is 2. The molecule has 47 heavy (non-hydrogen) atoms. The Morgan fingerprint density at radius 1 is 0.574 bits per heavy atom. The molecule has 0 heterocycles. The normalized spacial score (nSPS) is 11.6. The Morgan fingerprint density at radius 3 is 1.04 bits per heavy atom. The van der Waals surface area contributed by atoms with Crippen LogP contribution >= 0.6 is 0 Å². The molecule has 0 aromatic heterocycles. The first-order valence-electron chi connectivity index (χ1n) is 15.6. The minimum atomic E-state index is -2.17. The summed E-state index contributed by atoms with van der Waals surface area (Å²) in [5.74, 6) is -1.88. The van der Waals surface area contributed by atoms with E-state index in [1.54, 1.807) is 0 Å². The van der Waals surface area contributed by atoms with E-state index in [1.807, 2.05) is 72.8 Å². The van der Waals surface area contributed by atoms with Gasteiger partial charge in [-0.05, 0) is 48.1 Å². The molecule has 0 aliphatic rings. The summed E-state index contributed by atoms with van der Waals surface area (Å²) in [5.41, 5.74) is 0. The number of hydrogen-bond donors (Lipinski definition) is 0. The largest absolute Gasteiger partial charge is 4.00 e. The van der Waals surface area contributed by atoms with Crippen LogP contribution in [0.25, 0.3) is 0 Å². The maximum Gasteiger partial charge on any atom is 4.00 e. The molecule has 0 radical (unpaired) electrons. The molecular weight excluding hydrogens is 668 g/mol. The molecule has 0 bridgehead atoms. The smallest absolute Gasteiger partial charge is 0.599 e. The Labute approximate surface area is 298 Å². The van der Waals surface area contributed by atoms with E-state index in [4.69, 9.17) is 8.85 Å². The van der Waals surface area contributed by atoms with Crippen molar-refractivity contribution in [3.63, 3.8) is 0 Å². The van der Waals surface area contributed by atoms with E-state index in [0.29, 0.717) is 11.8 Å². The van der Waals surface area contributed by atoms with E-state index in [9.17, 15) is 17.6 Å². The third kappa shape index (κ3) is 13.9. The quantitative estimate of drug-likeness (QED) is 0.102. The van der Waals surface area contributed by atoms with Crippen LogP contribution in [0.15, 0.2) is 84.9 Å². The van der Waals surface area contributed by atoms with Gasteiger partial charge in [0.25, 0.3) is 0 Å². The Hall–Kier alpha value is -2.39. The summed E-state index contributed by atoms with van der Waals surface area (Å²) in [4.78, 5) is 0. The topological polar surface area (TPSA) is 18.5 Å². The third-order valence-electron chi connectivity index (χ3n) is 9.48. The molecular formula is C38H52F4O2Si2Ti. The summed E-state index contributed by atoms with van der Waals surface area (Å²) in [6.07, 6.45) is 0. The van der Waals surface area contributed by atoms with Gasteiger partial charge >= 0.3 is 21.7 Å². The van der Waals surface area contributed by atoms with Crippen molar-refractivity contribution in [2.24, 2.45) is 11.8 Å².